The lowest BCUT2D eigenvalue weighted by molar-refractivity contribution is -0.115. The van der Waals surface area contributed by atoms with Crippen LogP contribution in [-0.4, -0.2) is 22.3 Å². The number of aryl methyl sites for hydroxylation is 1. The standard InChI is InChI=1S/C22H19ClN4O4/c1-13-20(27(22(29)30)14(2)17-5-3-4-6-18(17)23)21(31-26-13)15-7-9-16(10-8-15)25-19(28)11-12-24/h3-10,14H,11H2,1-2H3,(H,25,28)(H,29,30). The molecule has 0 fully saturated rings. The summed E-state index contributed by atoms with van der Waals surface area (Å²) < 4.78 is 5.47. The lowest BCUT2D eigenvalue weighted by Gasteiger charge is -2.27. The Hall–Kier alpha value is -3.83. The van der Waals surface area contributed by atoms with E-state index in [9.17, 15) is 14.7 Å². The van der Waals surface area contributed by atoms with E-state index in [0.29, 0.717) is 33.2 Å². The molecule has 1 heterocycles. The van der Waals surface area contributed by atoms with Gasteiger partial charge < -0.3 is 14.9 Å². The summed E-state index contributed by atoms with van der Waals surface area (Å²) in [4.78, 5) is 25.0. The molecular formula is C22H19ClN4O4. The van der Waals surface area contributed by atoms with Crippen LogP contribution >= 0.6 is 11.6 Å². The zero-order chi connectivity index (χ0) is 22.5. The van der Waals surface area contributed by atoms with E-state index in [-0.39, 0.29) is 12.2 Å². The van der Waals surface area contributed by atoms with Crippen molar-refractivity contribution in [1.29, 1.82) is 5.26 Å². The van der Waals surface area contributed by atoms with Gasteiger partial charge in [-0.25, -0.2) is 4.79 Å². The predicted molar refractivity (Wildman–Crippen MR) is 116 cm³/mol. The molecule has 8 nitrogen and oxygen atoms in total. The first-order valence-electron chi connectivity index (χ1n) is 9.33. The highest BCUT2D eigenvalue weighted by molar-refractivity contribution is 6.31. The summed E-state index contributed by atoms with van der Waals surface area (Å²) in [5.74, 6) is -0.147. The lowest BCUT2D eigenvalue weighted by atomic mass is 10.0. The average molecular weight is 439 g/mol. The van der Waals surface area contributed by atoms with Gasteiger partial charge in [0.15, 0.2) is 5.76 Å². The summed E-state index contributed by atoms with van der Waals surface area (Å²) in [6.45, 7) is 3.40. The van der Waals surface area contributed by atoms with Gasteiger partial charge in [-0.1, -0.05) is 35.0 Å². The summed E-state index contributed by atoms with van der Waals surface area (Å²) in [5.41, 5.74) is 2.44. The largest absolute Gasteiger partial charge is 0.465 e. The maximum atomic E-state index is 12.2. The third-order valence-corrected chi connectivity index (χ3v) is 5.04. The normalized spacial score (nSPS) is 11.4. The number of nitrogens with one attached hydrogen (secondary N) is 1. The van der Waals surface area contributed by atoms with E-state index in [1.807, 2.05) is 0 Å². The molecule has 1 aromatic heterocycles. The minimum absolute atomic E-state index is 0.249. The Bertz CT molecular complexity index is 1150. The fourth-order valence-electron chi connectivity index (χ4n) is 3.23. The fraction of sp³-hybridized carbons (Fsp3) is 0.182. The Labute approximate surface area is 183 Å². The van der Waals surface area contributed by atoms with Crippen molar-refractivity contribution >= 4 is 35.0 Å². The van der Waals surface area contributed by atoms with Crippen LogP contribution in [0.15, 0.2) is 53.1 Å². The number of halogens is 1. The summed E-state index contributed by atoms with van der Waals surface area (Å²) in [5, 5.41) is 25.6. The van der Waals surface area contributed by atoms with Gasteiger partial charge in [0.2, 0.25) is 5.91 Å². The Morgan fingerprint density at radius 1 is 1.26 bits per heavy atom. The van der Waals surface area contributed by atoms with Crippen molar-refractivity contribution in [2.45, 2.75) is 26.3 Å². The van der Waals surface area contributed by atoms with Gasteiger partial charge in [-0.15, -0.1) is 0 Å². The maximum absolute atomic E-state index is 12.2. The van der Waals surface area contributed by atoms with Gasteiger partial charge in [0.25, 0.3) is 0 Å². The van der Waals surface area contributed by atoms with Gasteiger partial charge in [-0.2, -0.15) is 5.26 Å². The summed E-state index contributed by atoms with van der Waals surface area (Å²) in [6, 6.07) is 14.8. The van der Waals surface area contributed by atoms with Crippen LogP contribution in [0.3, 0.4) is 0 Å². The molecule has 0 aliphatic rings. The number of nitriles is 1. The van der Waals surface area contributed by atoms with Crippen molar-refractivity contribution in [2.75, 3.05) is 10.2 Å². The van der Waals surface area contributed by atoms with Crippen molar-refractivity contribution in [3.05, 3.63) is 64.8 Å². The second kappa shape index (κ2) is 9.32. The van der Waals surface area contributed by atoms with Crippen molar-refractivity contribution in [1.82, 2.24) is 5.16 Å². The van der Waals surface area contributed by atoms with E-state index >= 15 is 0 Å². The van der Waals surface area contributed by atoms with Crippen LogP contribution in [0.2, 0.25) is 5.02 Å². The number of carbonyl (C=O) groups excluding carboxylic acids is 1. The predicted octanol–water partition coefficient (Wildman–Crippen LogP) is 5.40. The third-order valence-electron chi connectivity index (χ3n) is 4.69. The number of nitrogens with zero attached hydrogens (tertiary/aromatic N) is 3. The smallest absolute Gasteiger partial charge is 0.412 e. The molecule has 3 aromatic rings. The van der Waals surface area contributed by atoms with Crippen LogP contribution < -0.4 is 10.2 Å². The Balaban J connectivity index is 1.99. The molecule has 2 N–H and O–H groups in total. The van der Waals surface area contributed by atoms with Gasteiger partial charge in [0.05, 0.1) is 12.1 Å². The summed E-state index contributed by atoms with van der Waals surface area (Å²) in [6.07, 6.45) is -1.43. The van der Waals surface area contributed by atoms with E-state index in [1.54, 1.807) is 68.4 Å². The molecule has 2 aromatic carbocycles. The highest BCUT2D eigenvalue weighted by atomic mass is 35.5. The molecule has 158 valence electrons. The zero-order valence-electron chi connectivity index (χ0n) is 16.8. The minimum Gasteiger partial charge on any atom is -0.465 e. The topological polar surface area (TPSA) is 119 Å². The van der Waals surface area contributed by atoms with Crippen LogP contribution in [-0.2, 0) is 4.79 Å². The second-order valence-electron chi connectivity index (χ2n) is 6.76. The molecule has 2 amide bonds. The van der Waals surface area contributed by atoms with E-state index < -0.39 is 18.0 Å². The first-order valence-corrected chi connectivity index (χ1v) is 9.71. The molecule has 0 spiro atoms. The van der Waals surface area contributed by atoms with Gasteiger partial charge in [0.1, 0.15) is 17.8 Å². The van der Waals surface area contributed by atoms with Crippen LogP contribution in [0.1, 0.15) is 30.6 Å². The number of carbonyl (C=O) groups is 2. The van der Waals surface area contributed by atoms with Gasteiger partial charge in [0, 0.05) is 16.3 Å². The molecule has 1 atom stereocenters. The summed E-state index contributed by atoms with van der Waals surface area (Å²) in [7, 11) is 0. The number of hydrogen-bond acceptors (Lipinski definition) is 5. The molecule has 31 heavy (non-hydrogen) atoms. The second-order valence-corrected chi connectivity index (χ2v) is 7.16. The van der Waals surface area contributed by atoms with Gasteiger partial charge in [-0.3, -0.25) is 9.69 Å². The van der Waals surface area contributed by atoms with Crippen molar-refractivity contribution in [3.63, 3.8) is 0 Å². The average Bonchev–Trinajstić information content (AvgIpc) is 3.10. The number of carboxylic acid groups (broad SMARTS) is 1. The van der Waals surface area contributed by atoms with Gasteiger partial charge >= 0.3 is 6.09 Å². The van der Waals surface area contributed by atoms with E-state index in [0.717, 1.165) is 0 Å². The minimum atomic E-state index is -1.18. The van der Waals surface area contributed by atoms with E-state index in [1.165, 1.54) is 4.90 Å². The molecule has 0 radical (unpaired) electrons. The summed E-state index contributed by atoms with van der Waals surface area (Å²) >= 11 is 6.29. The maximum Gasteiger partial charge on any atom is 0.412 e. The zero-order valence-corrected chi connectivity index (χ0v) is 17.6. The van der Waals surface area contributed by atoms with Gasteiger partial charge in [-0.05, 0) is 49.7 Å². The molecule has 0 bridgehead atoms. The first-order chi connectivity index (χ1) is 14.8. The number of anilines is 2. The molecule has 0 saturated carbocycles. The third kappa shape index (κ3) is 4.68. The molecular weight excluding hydrogens is 420 g/mol. The highest BCUT2D eigenvalue weighted by Crippen LogP contribution is 2.39. The molecule has 1 unspecified atom stereocenters. The fourth-order valence-corrected chi connectivity index (χ4v) is 3.52. The van der Waals surface area contributed by atoms with Crippen LogP contribution in [0.25, 0.3) is 11.3 Å². The number of hydrogen-bond donors (Lipinski definition) is 2. The highest BCUT2D eigenvalue weighted by Gasteiger charge is 2.31. The molecule has 9 heteroatoms. The first kappa shape index (κ1) is 21.9. The molecule has 0 aliphatic heterocycles. The SMILES string of the molecule is Cc1noc(-c2ccc(NC(=O)CC#N)cc2)c1N(C(=O)O)C(C)c1ccccc1Cl. The molecule has 0 saturated heterocycles. The Kier molecular flexibility index (Phi) is 6.58. The van der Waals surface area contributed by atoms with Crippen molar-refractivity contribution in [3.8, 4) is 17.4 Å². The van der Waals surface area contributed by atoms with Crippen molar-refractivity contribution in [2.24, 2.45) is 0 Å². The van der Waals surface area contributed by atoms with Crippen LogP contribution in [0.4, 0.5) is 16.2 Å². The van der Waals surface area contributed by atoms with Crippen molar-refractivity contribution < 1.29 is 19.2 Å². The Morgan fingerprint density at radius 3 is 2.55 bits per heavy atom. The Morgan fingerprint density at radius 2 is 1.94 bits per heavy atom. The van der Waals surface area contributed by atoms with E-state index in [2.05, 4.69) is 10.5 Å². The number of rotatable bonds is 6. The number of amides is 2. The van der Waals surface area contributed by atoms with Crippen LogP contribution in [0, 0.1) is 18.3 Å². The van der Waals surface area contributed by atoms with E-state index in [4.69, 9.17) is 21.4 Å². The lowest BCUT2D eigenvalue weighted by Crippen LogP contribution is -2.33. The monoisotopic (exact) mass is 438 g/mol. The number of benzene rings is 2. The van der Waals surface area contributed by atoms with Crippen LogP contribution in [0.5, 0.6) is 0 Å². The molecule has 3 rings (SSSR count). The molecule has 0 aliphatic carbocycles. The number of aromatic nitrogens is 1. The quantitative estimate of drug-likeness (QED) is 0.531.